The van der Waals surface area contributed by atoms with Crippen molar-refractivity contribution in [3.8, 4) is 0 Å². The first-order chi connectivity index (χ1) is 13.5. The Morgan fingerprint density at radius 1 is 0.964 bits per heavy atom. The summed E-state index contributed by atoms with van der Waals surface area (Å²) >= 11 is 0. The summed E-state index contributed by atoms with van der Waals surface area (Å²) in [5.41, 5.74) is 4.41. The first kappa shape index (κ1) is 17.7. The monoisotopic (exact) mass is 369 g/mol. The highest BCUT2D eigenvalue weighted by Gasteiger charge is 2.11. The summed E-state index contributed by atoms with van der Waals surface area (Å²) in [5, 5.41) is 3.88. The number of fused-ring (bicyclic) bond motifs is 2. The molecule has 0 spiro atoms. The van der Waals surface area contributed by atoms with Gasteiger partial charge in [0.15, 0.2) is 0 Å². The molecule has 0 bridgehead atoms. The molecule has 4 aromatic rings. The van der Waals surface area contributed by atoms with Gasteiger partial charge in [-0.1, -0.05) is 36.4 Å². The molecule has 0 aliphatic carbocycles. The third-order valence-electron chi connectivity index (χ3n) is 4.60. The van der Waals surface area contributed by atoms with Crippen LogP contribution in [0.3, 0.4) is 0 Å². The van der Waals surface area contributed by atoms with E-state index in [4.69, 9.17) is 4.42 Å². The summed E-state index contributed by atoms with van der Waals surface area (Å²) in [6, 6.07) is 18.5. The Bertz CT molecular complexity index is 1280. The van der Waals surface area contributed by atoms with Crippen molar-refractivity contribution in [2.24, 2.45) is 0 Å². The Balaban J connectivity index is 1.68. The van der Waals surface area contributed by atoms with Crippen LogP contribution in [0.15, 0.2) is 76.0 Å². The van der Waals surface area contributed by atoms with Gasteiger partial charge in [0.05, 0.1) is 10.8 Å². The van der Waals surface area contributed by atoms with Gasteiger partial charge in [0.2, 0.25) is 11.3 Å². The van der Waals surface area contributed by atoms with Gasteiger partial charge in [0.1, 0.15) is 11.2 Å². The zero-order chi connectivity index (χ0) is 19.7. The zero-order valence-corrected chi connectivity index (χ0v) is 15.7. The molecule has 1 heterocycles. The van der Waals surface area contributed by atoms with E-state index in [2.05, 4.69) is 5.32 Å². The summed E-state index contributed by atoms with van der Waals surface area (Å²) in [6.45, 7) is 3.88. The molecule has 28 heavy (non-hydrogen) atoms. The lowest BCUT2D eigenvalue weighted by Gasteiger charge is -2.07. The Labute approximate surface area is 162 Å². The van der Waals surface area contributed by atoms with Crippen molar-refractivity contribution < 1.29 is 9.21 Å². The average molecular weight is 369 g/mol. The molecule has 0 saturated heterocycles. The summed E-state index contributed by atoms with van der Waals surface area (Å²) in [7, 11) is 0. The van der Waals surface area contributed by atoms with Crippen LogP contribution in [-0.4, -0.2) is 5.91 Å². The summed E-state index contributed by atoms with van der Waals surface area (Å²) in [5.74, 6) is -0.252. The molecule has 0 saturated carbocycles. The van der Waals surface area contributed by atoms with E-state index in [9.17, 15) is 9.59 Å². The van der Waals surface area contributed by atoms with Crippen LogP contribution in [0.4, 0.5) is 5.69 Å². The summed E-state index contributed by atoms with van der Waals surface area (Å²) in [4.78, 5) is 25.0. The van der Waals surface area contributed by atoms with E-state index in [1.165, 1.54) is 6.08 Å². The standard InChI is InChI=1S/C24H19NO3/c1-15-12-16(2)24-20(13-15)23(27)19-10-9-18(14-21(19)28-24)25-22(26)11-8-17-6-4-3-5-7-17/h3-14H,1-2H3,(H,25,26)/b11-8+. The van der Waals surface area contributed by atoms with Gasteiger partial charge >= 0.3 is 0 Å². The van der Waals surface area contributed by atoms with Gasteiger partial charge in [-0.05, 0) is 54.8 Å². The Hall–Kier alpha value is -3.66. The molecule has 4 rings (SSSR count). The number of carbonyl (C=O) groups excluding carboxylic acids is 1. The van der Waals surface area contributed by atoms with E-state index in [0.29, 0.717) is 27.6 Å². The fourth-order valence-corrected chi connectivity index (χ4v) is 3.31. The van der Waals surface area contributed by atoms with Gasteiger partial charge in [0, 0.05) is 17.8 Å². The Morgan fingerprint density at radius 3 is 2.54 bits per heavy atom. The smallest absolute Gasteiger partial charge is 0.248 e. The van der Waals surface area contributed by atoms with E-state index in [1.807, 2.05) is 56.3 Å². The number of benzene rings is 3. The van der Waals surface area contributed by atoms with Crippen molar-refractivity contribution in [3.05, 3.63) is 93.7 Å². The molecule has 0 fully saturated rings. The van der Waals surface area contributed by atoms with Gasteiger partial charge in [-0.25, -0.2) is 0 Å². The number of hydrogen-bond acceptors (Lipinski definition) is 3. The lowest BCUT2D eigenvalue weighted by molar-refractivity contribution is -0.111. The Morgan fingerprint density at radius 2 is 1.75 bits per heavy atom. The lowest BCUT2D eigenvalue weighted by atomic mass is 10.1. The fourth-order valence-electron chi connectivity index (χ4n) is 3.31. The van der Waals surface area contributed by atoms with Crippen LogP contribution >= 0.6 is 0 Å². The molecule has 0 aliphatic heterocycles. The molecular weight excluding hydrogens is 350 g/mol. The molecule has 1 amide bonds. The second-order valence-corrected chi connectivity index (χ2v) is 6.83. The van der Waals surface area contributed by atoms with Crippen LogP contribution in [0.5, 0.6) is 0 Å². The minimum absolute atomic E-state index is 0.0649. The van der Waals surface area contributed by atoms with Crippen LogP contribution in [0.2, 0.25) is 0 Å². The van der Waals surface area contributed by atoms with E-state index < -0.39 is 0 Å². The molecule has 4 nitrogen and oxygen atoms in total. The largest absolute Gasteiger partial charge is 0.455 e. The summed E-state index contributed by atoms with van der Waals surface area (Å²) < 4.78 is 6.00. The molecule has 138 valence electrons. The molecule has 0 unspecified atom stereocenters. The maximum atomic E-state index is 12.8. The fraction of sp³-hybridized carbons (Fsp3) is 0.0833. The van der Waals surface area contributed by atoms with Crippen molar-refractivity contribution in [1.29, 1.82) is 0 Å². The molecule has 0 radical (unpaired) electrons. The molecule has 0 aliphatic rings. The lowest BCUT2D eigenvalue weighted by Crippen LogP contribution is -2.08. The zero-order valence-electron chi connectivity index (χ0n) is 15.7. The predicted octanol–water partition coefficient (Wildman–Crippen LogP) is 5.21. The van der Waals surface area contributed by atoms with Gasteiger partial charge in [-0.3, -0.25) is 9.59 Å². The van der Waals surface area contributed by atoms with Crippen molar-refractivity contribution >= 4 is 39.6 Å². The number of hydrogen-bond donors (Lipinski definition) is 1. The van der Waals surface area contributed by atoms with Gasteiger partial charge in [0.25, 0.3) is 0 Å². The van der Waals surface area contributed by atoms with Gasteiger partial charge in [-0.15, -0.1) is 0 Å². The third kappa shape index (κ3) is 3.45. The SMILES string of the molecule is Cc1cc(C)c2oc3cc(NC(=O)/C=C/c4ccccc4)ccc3c(=O)c2c1. The third-order valence-corrected chi connectivity index (χ3v) is 4.60. The maximum Gasteiger partial charge on any atom is 0.248 e. The molecular formula is C24H19NO3. The molecule has 1 aromatic heterocycles. The van der Waals surface area contributed by atoms with E-state index >= 15 is 0 Å². The minimum atomic E-state index is -0.252. The summed E-state index contributed by atoms with van der Waals surface area (Å²) in [6.07, 6.45) is 3.22. The average Bonchev–Trinajstić information content (AvgIpc) is 2.68. The van der Waals surface area contributed by atoms with Crippen LogP contribution < -0.4 is 10.7 Å². The van der Waals surface area contributed by atoms with Crippen LogP contribution in [0.25, 0.3) is 28.0 Å². The number of anilines is 1. The highest BCUT2D eigenvalue weighted by Crippen LogP contribution is 2.25. The number of rotatable bonds is 3. The minimum Gasteiger partial charge on any atom is -0.455 e. The number of aryl methyl sites for hydroxylation is 2. The second kappa shape index (κ2) is 7.16. The molecule has 0 atom stereocenters. The molecule has 4 heteroatoms. The molecule has 3 aromatic carbocycles. The van der Waals surface area contributed by atoms with Crippen molar-refractivity contribution in [1.82, 2.24) is 0 Å². The number of carbonyl (C=O) groups is 1. The van der Waals surface area contributed by atoms with Crippen molar-refractivity contribution in [2.75, 3.05) is 5.32 Å². The van der Waals surface area contributed by atoms with E-state index in [1.54, 1.807) is 24.3 Å². The van der Waals surface area contributed by atoms with Gasteiger partial charge in [-0.2, -0.15) is 0 Å². The first-order valence-corrected chi connectivity index (χ1v) is 9.03. The maximum absolute atomic E-state index is 12.8. The number of amides is 1. The van der Waals surface area contributed by atoms with Crippen LogP contribution in [-0.2, 0) is 4.79 Å². The normalized spacial score (nSPS) is 11.4. The van der Waals surface area contributed by atoms with Crippen LogP contribution in [0, 0.1) is 13.8 Å². The topological polar surface area (TPSA) is 59.3 Å². The first-order valence-electron chi connectivity index (χ1n) is 9.03. The van der Waals surface area contributed by atoms with Crippen LogP contribution in [0.1, 0.15) is 16.7 Å². The second-order valence-electron chi connectivity index (χ2n) is 6.83. The number of nitrogens with one attached hydrogen (secondary N) is 1. The highest BCUT2D eigenvalue weighted by molar-refractivity contribution is 6.03. The van der Waals surface area contributed by atoms with Crippen molar-refractivity contribution in [3.63, 3.8) is 0 Å². The predicted molar refractivity (Wildman–Crippen MR) is 114 cm³/mol. The highest BCUT2D eigenvalue weighted by atomic mass is 16.3. The van der Waals surface area contributed by atoms with Crippen molar-refractivity contribution in [2.45, 2.75) is 13.8 Å². The van der Waals surface area contributed by atoms with E-state index in [-0.39, 0.29) is 11.3 Å². The molecule has 1 N–H and O–H groups in total. The Kier molecular flexibility index (Phi) is 4.53. The van der Waals surface area contributed by atoms with E-state index in [0.717, 1.165) is 16.7 Å². The quantitative estimate of drug-likeness (QED) is 0.398. The van der Waals surface area contributed by atoms with Gasteiger partial charge < -0.3 is 9.73 Å².